The number of nitrogens with one attached hydrogen (secondary N) is 4. The highest BCUT2D eigenvalue weighted by Crippen LogP contribution is 2.25. The van der Waals surface area contributed by atoms with Crippen LogP contribution in [0.4, 0.5) is 0 Å². The smallest absolute Gasteiger partial charge is 0.222 e. The number of aldehydes is 1. The van der Waals surface area contributed by atoms with E-state index in [2.05, 4.69) is 21.3 Å². The topological polar surface area (TPSA) is 322 Å². The van der Waals surface area contributed by atoms with Crippen LogP contribution in [0.2, 0.25) is 0 Å². The Bertz CT molecular complexity index is 1100. The van der Waals surface area contributed by atoms with E-state index in [1.54, 1.807) is 0 Å². The van der Waals surface area contributed by atoms with Crippen molar-refractivity contribution in [1.29, 1.82) is 0 Å². The van der Waals surface area contributed by atoms with E-state index in [0.29, 0.717) is 103 Å². The van der Waals surface area contributed by atoms with Gasteiger partial charge >= 0.3 is 0 Å². The zero-order valence-electron chi connectivity index (χ0n) is 34.3. The normalized spacial score (nSPS) is 26.2. The second-order valence-corrected chi connectivity index (χ2v) is 14.9. The molecular formula is C38H73N5O16. The van der Waals surface area contributed by atoms with Gasteiger partial charge in [-0.2, -0.15) is 0 Å². The van der Waals surface area contributed by atoms with Crippen LogP contribution in [0.25, 0.3) is 0 Å². The van der Waals surface area contributed by atoms with Gasteiger partial charge in [-0.05, 0) is 58.0 Å². The average molecular weight is 856 g/mol. The Morgan fingerprint density at radius 3 is 1.85 bits per heavy atom. The van der Waals surface area contributed by atoms with Gasteiger partial charge in [0, 0.05) is 64.3 Å². The van der Waals surface area contributed by atoms with Crippen molar-refractivity contribution in [3.05, 3.63) is 0 Å². The summed E-state index contributed by atoms with van der Waals surface area (Å²) in [6, 6.07) is -0.393. The van der Waals surface area contributed by atoms with Crippen LogP contribution < -0.4 is 27.0 Å². The van der Waals surface area contributed by atoms with Gasteiger partial charge in [0.2, 0.25) is 11.8 Å². The minimum absolute atomic E-state index is 0.104. The van der Waals surface area contributed by atoms with Crippen LogP contribution >= 0.6 is 0 Å². The number of carbonyl (C=O) groups excluding carboxylic acids is 3. The highest BCUT2D eigenvalue weighted by molar-refractivity contribution is 5.76. The zero-order valence-corrected chi connectivity index (χ0v) is 34.3. The Labute approximate surface area is 346 Å². The fraction of sp³-hybridized carbons (Fsp3) is 0.921. The molecular weight excluding hydrogens is 782 g/mol. The van der Waals surface area contributed by atoms with Crippen molar-refractivity contribution < 1.29 is 78.6 Å². The Balaban J connectivity index is 1.32. The van der Waals surface area contributed by atoms with Gasteiger partial charge in [-0.25, -0.2) is 0 Å². The van der Waals surface area contributed by atoms with Crippen molar-refractivity contribution in [1.82, 2.24) is 21.3 Å². The molecule has 21 heteroatoms. The van der Waals surface area contributed by atoms with Gasteiger partial charge in [-0.1, -0.05) is 0 Å². The maximum absolute atomic E-state index is 12.1. The standard InChI is InChI=1S/C38H73N5O16/c39-27(25-55-18-10-34(51)43-14-6-12-41-32(49)8-2-4-16-57-36-20-28(47)38(53)30(23-46)59-36)24-54-17-9-33(50)42-13-5-11-40-31(48)7-1-3-15-56-35-19-26(21-44)37(52)29(22-45)58-35/h21,26-31,33,35-38,40,42,45-48,50,52-53H,1-20,22-25,39H2,(H,41,49)(H,43,51)/t26-,27?,28+,29+,30+,31?,33?,35+,36+,37+,38+/m0/s1. The second-order valence-electron chi connectivity index (χ2n) is 14.9. The van der Waals surface area contributed by atoms with Crippen molar-refractivity contribution in [2.75, 3.05) is 79.0 Å². The largest absolute Gasteiger partial charge is 0.394 e. The number of amides is 2. The van der Waals surface area contributed by atoms with E-state index in [-0.39, 0.29) is 57.5 Å². The fourth-order valence-electron chi connectivity index (χ4n) is 6.22. The molecule has 2 amide bonds. The van der Waals surface area contributed by atoms with E-state index in [9.17, 15) is 50.1 Å². The Hall–Kier alpha value is -2.03. The number of ether oxygens (including phenoxy) is 6. The molecule has 2 rings (SSSR count). The molecule has 2 heterocycles. The number of aliphatic hydroxyl groups is 7. The fourth-order valence-corrected chi connectivity index (χ4v) is 6.22. The molecule has 2 aliphatic heterocycles. The van der Waals surface area contributed by atoms with E-state index >= 15 is 0 Å². The minimum Gasteiger partial charge on any atom is -0.394 e. The predicted octanol–water partition coefficient (Wildman–Crippen LogP) is -3.56. The van der Waals surface area contributed by atoms with Crippen molar-refractivity contribution in [3.63, 3.8) is 0 Å². The van der Waals surface area contributed by atoms with Gasteiger partial charge in [-0.15, -0.1) is 0 Å². The first-order chi connectivity index (χ1) is 28.5. The lowest BCUT2D eigenvalue weighted by Crippen LogP contribution is -2.50. The van der Waals surface area contributed by atoms with E-state index < -0.39 is 80.7 Å². The number of aliphatic hydroxyl groups excluding tert-OH is 7. The van der Waals surface area contributed by atoms with Crippen LogP contribution in [0.15, 0.2) is 0 Å². The number of carbonyl (C=O) groups is 3. The first-order valence-electron chi connectivity index (χ1n) is 21.0. The minimum atomic E-state index is -1.15. The lowest BCUT2D eigenvalue weighted by Gasteiger charge is -2.36. The first kappa shape index (κ1) is 53.1. The molecule has 59 heavy (non-hydrogen) atoms. The molecule has 2 fully saturated rings. The van der Waals surface area contributed by atoms with Gasteiger partial charge in [0.25, 0.3) is 0 Å². The van der Waals surface area contributed by atoms with Crippen molar-refractivity contribution in [2.45, 2.75) is 139 Å². The van der Waals surface area contributed by atoms with Crippen LogP contribution in [0.3, 0.4) is 0 Å². The van der Waals surface area contributed by atoms with E-state index in [4.69, 9.17) is 34.2 Å². The predicted molar refractivity (Wildman–Crippen MR) is 210 cm³/mol. The summed E-state index contributed by atoms with van der Waals surface area (Å²) in [7, 11) is 0. The summed E-state index contributed by atoms with van der Waals surface area (Å²) in [5.41, 5.74) is 6.01. The molecule has 0 aromatic carbocycles. The van der Waals surface area contributed by atoms with Crippen molar-refractivity contribution in [2.24, 2.45) is 11.7 Å². The van der Waals surface area contributed by atoms with Crippen LogP contribution in [-0.2, 0) is 42.8 Å². The maximum atomic E-state index is 12.1. The van der Waals surface area contributed by atoms with Crippen molar-refractivity contribution >= 4 is 18.1 Å². The summed E-state index contributed by atoms with van der Waals surface area (Å²) in [5, 5.41) is 80.0. The quantitative estimate of drug-likeness (QED) is 0.0167. The van der Waals surface area contributed by atoms with E-state index in [0.717, 1.165) is 0 Å². The summed E-state index contributed by atoms with van der Waals surface area (Å²) in [6.07, 6.45) is -1.71. The monoisotopic (exact) mass is 856 g/mol. The van der Waals surface area contributed by atoms with Crippen LogP contribution in [0.1, 0.15) is 77.0 Å². The highest BCUT2D eigenvalue weighted by atomic mass is 16.7. The van der Waals surface area contributed by atoms with Gasteiger partial charge < -0.3 is 85.3 Å². The molecule has 11 atom stereocenters. The summed E-state index contributed by atoms with van der Waals surface area (Å²) < 4.78 is 33.1. The molecule has 2 saturated heterocycles. The van der Waals surface area contributed by atoms with E-state index in [1.165, 1.54) is 0 Å². The number of rotatable bonds is 35. The molecule has 13 N–H and O–H groups in total. The SMILES string of the molecule is NC(COCCC(=O)NCCCNC(=O)CCCCO[C@H]1C[C@@H](O)[C@@H](O)[C@@H](CO)O1)COCCC(O)NCCCNC(O)CCCCO[C@H]1C[C@@H](C=O)[C@@H](O)[C@@H](CO)O1. The molecule has 0 aromatic heterocycles. The summed E-state index contributed by atoms with van der Waals surface area (Å²) in [4.78, 5) is 35.3. The van der Waals surface area contributed by atoms with Crippen LogP contribution in [-0.4, -0.2) is 194 Å². The molecule has 0 radical (unpaired) electrons. The third-order valence-electron chi connectivity index (χ3n) is 9.74. The molecule has 0 bridgehead atoms. The molecule has 3 unspecified atom stereocenters. The van der Waals surface area contributed by atoms with Crippen LogP contribution in [0, 0.1) is 5.92 Å². The average Bonchev–Trinajstić information content (AvgIpc) is 3.22. The Morgan fingerprint density at radius 2 is 1.22 bits per heavy atom. The third kappa shape index (κ3) is 24.3. The highest BCUT2D eigenvalue weighted by Gasteiger charge is 2.38. The molecule has 0 aliphatic carbocycles. The lowest BCUT2D eigenvalue weighted by atomic mass is 9.93. The van der Waals surface area contributed by atoms with Gasteiger partial charge in [0.15, 0.2) is 12.6 Å². The Kier molecular flexibility index (Phi) is 29.4. The Morgan fingerprint density at radius 1 is 0.678 bits per heavy atom. The van der Waals surface area contributed by atoms with Crippen molar-refractivity contribution in [3.8, 4) is 0 Å². The summed E-state index contributed by atoms with van der Waals surface area (Å²) in [6.45, 7) is 2.67. The molecule has 21 nitrogen and oxygen atoms in total. The molecule has 346 valence electrons. The second kappa shape index (κ2) is 32.7. The maximum Gasteiger partial charge on any atom is 0.222 e. The summed E-state index contributed by atoms with van der Waals surface area (Å²) >= 11 is 0. The molecule has 0 aromatic rings. The molecule has 0 saturated carbocycles. The number of hydrogen-bond donors (Lipinski definition) is 12. The zero-order chi connectivity index (χ0) is 43.3. The molecule has 0 spiro atoms. The third-order valence-corrected chi connectivity index (χ3v) is 9.74. The number of hydrogen-bond acceptors (Lipinski definition) is 19. The van der Waals surface area contributed by atoms with E-state index in [1.807, 2.05) is 0 Å². The first-order valence-corrected chi connectivity index (χ1v) is 21.0. The lowest BCUT2D eigenvalue weighted by molar-refractivity contribution is -0.256. The number of unbranched alkanes of at least 4 members (excludes halogenated alkanes) is 2. The summed E-state index contributed by atoms with van der Waals surface area (Å²) in [5.74, 6) is -0.929. The number of nitrogens with two attached hydrogens (primary N) is 1. The van der Waals surface area contributed by atoms with Gasteiger partial charge in [0.05, 0.1) is 57.9 Å². The molecule has 2 aliphatic rings. The van der Waals surface area contributed by atoms with Crippen LogP contribution in [0.5, 0.6) is 0 Å². The van der Waals surface area contributed by atoms with Gasteiger partial charge in [-0.3, -0.25) is 20.2 Å². The van der Waals surface area contributed by atoms with Gasteiger partial charge in [0.1, 0.15) is 37.1 Å².